The van der Waals surface area contributed by atoms with Crippen LogP contribution in [0.15, 0.2) is 54.7 Å². The van der Waals surface area contributed by atoms with Crippen molar-refractivity contribution in [2.45, 2.75) is 38.3 Å². The quantitative estimate of drug-likeness (QED) is 0.316. The van der Waals surface area contributed by atoms with Crippen molar-refractivity contribution in [3.8, 4) is 11.1 Å². The van der Waals surface area contributed by atoms with Crippen molar-refractivity contribution >= 4 is 46.5 Å². The standard InChI is InChI=1S/C31H29ClF2N4O5/c1-16-11-20(39)15-26(38-10-8-18(13-27(38)40)28-23(33)6-5-22(32)29(28)34)25-12-17(7-9-35-25)21-4-3-19(36-31(42)43-2)14-24(21)37-30(16)41/h3-7,9,12-14,16,20,26,39H,8,10-11,15H2,1-2H3,(H,36,42)(H,37,41)/t16-,20?,26+/m1/s1. The zero-order valence-corrected chi connectivity index (χ0v) is 24.1. The monoisotopic (exact) mass is 610 g/mol. The summed E-state index contributed by atoms with van der Waals surface area (Å²) in [5.41, 5.74) is 2.46. The van der Waals surface area contributed by atoms with Gasteiger partial charge in [-0.05, 0) is 66.8 Å². The molecule has 2 bridgehead atoms. The molecule has 3 aromatic rings. The van der Waals surface area contributed by atoms with Crippen molar-refractivity contribution in [2.75, 3.05) is 24.3 Å². The number of methoxy groups -OCH3 is 1. The Morgan fingerprint density at radius 2 is 1.95 bits per heavy atom. The minimum Gasteiger partial charge on any atom is -0.453 e. The maximum absolute atomic E-state index is 14.7. The minimum atomic E-state index is -0.983. The van der Waals surface area contributed by atoms with E-state index in [9.17, 15) is 28.3 Å². The lowest BCUT2D eigenvalue weighted by molar-refractivity contribution is -0.130. The molecule has 43 heavy (non-hydrogen) atoms. The summed E-state index contributed by atoms with van der Waals surface area (Å²) in [6, 6.07) is 9.98. The molecule has 224 valence electrons. The normalized spacial score (nSPS) is 20.7. The molecule has 2 aliphatic heterocycles. The maximum Gasteiger partial charge on any atom is 0.411 e. The number of nitrogens with zero attached hydrogens (tertiary/aromatic N) is 2. The van der Waals surface area contributed by atoms with Gasteiger partial charge in [0, 0.05) is 36.0 Å². The number of anilines is 2. The predicted octanol–water partition coefficient (Wildman–Crippen LogP) is 5.94. The van der Waals surface area contributed by atoms with Gasteiger partial charge in [-0.2, -0.15) is 0 Å². The molecule has 9 nitrogen and oxygen atoms in total. The molecule has 0 radical (unpaired) electrons. The van der Waals surface area contributed by atoms with Crippen molar-refractivity contribution < 1.29 is 33.0 Å². The van der Waals surface area contributed by atoms with Gasteiger partial charge in [-0.15, -0.1) is 0 Å². The number of pyridine rings is 1. The molecule has 2 aliphatic rings. The van der Waals surface area contributed by atoms with Gasteiger partial charge in [-0.3, -0.25) is 19.9 Å². The van der Waals surface area contributed by atoms with Gasteiger partial charge in [0.1, 0.15) is 5.82 Å². The fraction of sp³-hybridized carbons (Fsp3) is 0.290. The van der Waals surface area contributed by atoms with Gasteiger partial charge in [-0.1, -0.05) is 24.6 Å². The summed E-state index contributed by atoms with van der Waals surface area (Å²) in [6.07, 6.45) is 1.42. The third-order valence-corrected chi connectivity index (χ3v) is 7.95. The number of hydrogen-bond acceptors (Lipinski definition) is 6. The van der Waals surface area contributed by atoms with Crippen LogP contribution in [-0.4, -0.2) is 52.7 Å². The SMILES string of the molecule is COC(=O)Nc1ccc2c(c1)NC(=O)[C@H](C)CC(O)C[C@H](N1CCC(c3c(F)ccc(Cl)c3F)=CC1=O)c1cc-2ccn1. The fourth-order valence-electron chi connectivity index (χ4n) is 5.46. The molecule has 2 aromatic carbocycles. The van der Waals surface area contributed by atoms with Crippen LogP contribution in [0.5, 0.6) is 0 Å². The Kier molecular flexibility index (Phi) is 8.74. The minimum absolute atomic E-state index is 0.0811. The highest BCUT2D eigenvalue weighted by molar-refractivity contribution is 6.31. The first kappa shape index (κ1) is 30.1. The number of halogens is 3. The van der Waals surface area contributed by atoms with E-state index < -0.39 is 41.7 Å². The van der Waals surface area contributed by atoms with E-state index in [1.54, 1.807) is 43.5 Å². The fourth-order valence-corrected chi connectivity index (χ4v) is 5.62. The Hall–Kier alpha value is -4.35. The Labute approximate surface area is 251 Å². The average molecular weight is 611 g/mol. The van der Waals surface area contributed by atoms with Gasteiger partial charge in [0.15, 0.2) is 5.82 Å². The smallest absolute Gasteiger partial charge is 0.411 e. The molecule has 1 aromatic heterocycles. The number of benzene rings is 2. The Morgan fingerprint density at radius 1 is 1.16 bits per heavy atom. The van der Waals surface area contributed by atoms with E-state index in [1.807, 2.05) is 0 Å². The number of aliphatic hydroxyl groups excluding tert-OH is 1. The van der Waals surface area contributed by atoms with Gasteiger partial charge in [0.25, 0.3) is 0 Å². The highest BCUT2D eigenvalue weighted by Crippen LogP contribution is 2.38. The van der Waals surface area contributed by atoms with Crippen LogP contribution < -0.4 is 10.6 Å². The molecule has 0 saturated carbocycles. The van der Waals surface area contributed by atoms with Gasteiger partial charge < -0.3 is 20.1 Å². The van der Waals surface area contributed by atoms with E-state index in [0.717, 1.165) is 12.1 Å². The third kappa shape index (κ3) is 6.37. The molecule has 3 atom stereocenters. The highest BCUT2D eigenvalue weighted by atomic mass is 35.5. The summed E-state index contributed by atoms with van der Waals surface area (Å²) in [5, 5.41) is 16.3. The van der Waals surface area contributed by atoms with Crippen molar-refractivity contribution in [3.63, 3.8) is 0 Å². The summed E-state index contributed by atoms with van der Waals surface area (Å²) >= 11 is 5.88. The van der Waals surface area contributed by atoms with Crippen molar-refractivity contribution in [2.24, 2.45) is 5.92 Å². The number of aliphatic hydroxyl groups is 1. The van der Waals surface area contributed by atoms with Crippen LogP contribution in [0.4, 0.5) is 25.0 Å². The largest absolute Gasteiger partial charge is 0.453 e. The third-order valence-electron chi connectivity index (χ3n) is 7.66. The molecule has 0 saturated heterocycles. The summed E-state index contributed by atoms with van der Waals surface area (Å²) in [4.78, 5) is 44.5. The van der Waals surface area contributed by atoms with Crippen LogP contribution >= 0.6 is 11.6 Å². The Balaban J connectivity index is 1.55. The molecule has 3 amide bonds. The van der Waals surface area contributed by atoms with Crippen LogP contribution in [0.2, 0.25) is 5.02 Å². The van der Waals surface area contributed by atoms with Gasteiger partial charge in [0.05, 0.1) is 41.2 Å². The second-order valence-electron chi connectivity index (χ2n) is 10.5. The number of rotatable bonds is 3. The van der Waals surface area contributed by atoms with Crippen molar-refractivity contribution in [3.05, 3.63) is 82.7 Å². The maximum atomic E-state index is 14.7. The number of amides is 3. The topological polar surface area (TPSA) is 121 Å². The number of carbonyl (C=O) groups is 3. The summed E-state index contributed by atoms with van der Waals surface area (Å²) < 4.78 is 34.0. The van der Waals surface area contributed by atoms with Crippen LogP contribution in [0.3, 0.4) is 0 Å². The van der Waals surface area contributed by atoms with E-state index in [0.29, 0.717) is 28.2 Å². The molecule has 0 aliphatic carbocycles. The van der Waals surface area contributed by atoms with Crippen LogP contribution in [0.1, 0.15) is 43.5 Å². The summed E-state index contributed by atoms with van der Waals surface area (Å²) in [7, 11) is 1.24. The molecule has 1 unspecified atom stereocenters. The second kappa shape index (κ2) is 12.5. The number of aromatic nitrogens is 1. The van der Waals surface area contributed by atoms with E-state index in [1.165, 1.54) is 18.1 Å². The Bertz CT molecular complexity index is 1630. The molecule has 12 heteroatoms. The lowest BCUT2D eigenvalue weighted by atomic mass is 9.91. The zero-order chi connectivity index (χ0) is 30.8. The first-order valence-electron chi connectivity index (χ1n) is 13.6. The van der Waals surface area contributed by atoms with Crippen molar-refractivity contribution in [1.82, 2.24) is 9.88 Å². The van der Waals surface area contributed by atoms with Crippen molar-refractivity contribution in [1.29, 1.82) is 0 Å². The molecule has 0 fully saturated rings. The highest BCUT2D eigenvalue weighted by Gasteiger charge is 2.33. The molecule has 3 heterocycles. The predicted molar refractivity (Wildman–Crippen MR) is 157 cm³/mol. The molecular weight excluding hydrogens is 582 g/mol. The molecular formula is C31H29ClF2N4O5. The molecule has 0 spiro atoms. The average Bonchev–Trinajstić information content (AvgIpc) is 2.98. The second-order valence-corrected chi connectivity index (χ2v) is 11.0. The number of fused-ring (bicyclic) bond motifs is 4. The van der Waals surface area contributed by atoms with Crippen LogP contribution in [-0.2, 0) is 14.3 Å². The van der Waals surface area contributed by atoms with E-state index >= 15 is 0 Å². The number of nitrogens with one attached hydrogen (secondary N) is 2. The lowest BCUT2D eigenvalue weighted by Gasteiger charge is -2.35. The molecule has 3 N–H and O–H groups in total. The van der Waals surface area contributed by atoms with E-state index in [4.69, 9.17) is 11.6 Å². The first-order valence-corrected chi connectivity index (χ1v) is 14.0. The first-order chi connectivity index (χ1) is 20.5. The van der Waals surface area contributed by atoms with Gasteiger partial charge >= 0.3 is 6.09 Å². The van der Waals surface area contributed by atoms with Crippen LogP contribution in [0, 0.1) is 17.6 Å². The van der Waals surface area contributed by atoms with Gasteiger partial charge in [-0.25, -0.2) is 13.6 Å². The van der Waals surface area contributed by atoms with Gasteiger partial charge in [0.2, 0.25) is 11.8 Å². The Morgan fingerprint density at radius 3 is 2.70 bits per heavy atom. The molecule has 5 rings (SSSR count). The number of hydrogen-bond donors (Lipinski definition) is 3. The van der Waals surface area contributed by atoms with E-state index in [-0.39, 0.29) is 47.9 Å². The number of carbonyl (C=O) groups excluding carboxylic acids is 3. The number of ether oxygens (including phenoxy) is 1. The van der Waals surface area contributed by atoms with Crippen LogP contribution in [0.25, 0.3) is 16.7 Å². The summed E-state index contributed by atoms with van der Waals surface area (Å²) in [5.74, 6) is -3.19. The lowest BCUT2D eigenvalue weighted by Crippen LogP contribution is -2.39. The zero-order valence-electron chi connectivity index (χ0n) is 23.4. The van der Waals surface area contributed by atoms with E-state index in [2.05, 4.69) is 20.4 Å². The summed E-state index contributed by atoms with van der Waals surface area (Å²) in [6.45, 7) is 1.79.